The molecule has 0 amide bonds. The lowest BCUT2D eigenvalue weighted by Crippen LogP contribution is -2.43. The van der Waals surface area contributed by atoms with Gasteiger partial charge in [-0.05, 0) is 0 Å². The quantitative estimate of drug-likeness (QED) is 0.541. The Bertz CT molecular complexity index is 113. The number of nitrogens with one attached hydrogen (secondary N) is 1. The first-order valence-electron chi connectivity index (χ1n) is 3.30. The molecule has 0 spiro atoms. The maximum atomic E-state index is 5.15. The summed E-state index contributed by atoms with van der Waals surface area (Å²) in [4.78, 5) is 2.27. The molecule has 1 aliphatic heterocycles. The summed E-state index contributed by atoms with van der Waals surface area (Å²) in [5.41, 5.74) is 0. The van der Waals surface area contributed by atoms with Crippen LogP contribution >= 0.6 is 12.4 Å². The molecule has 1 N–H and O–H groups in total. The fourth-order valence-corrected chi connectivity index (χ4v) is 0.998. The Kier molecular flexibility index (Phi) is 5.42. The van der Waals surface area contributed by atoms with Crippen LogP contribution in [0.4, 0.5) is 0 Å². The number of nitrogens with zero attached hydrogens (tertiary/aromatic N) is 1. The highest BCUT2D eigenvalue weighted by atomic mass is 35.5. The minimum absolute atomic E-state index is 0. The average molecular weight is 161 g/mol. The molecule has 58 valence electrons. The molecular formula is C7H13ClN2. The number of hydrogen-bond donors (Lipinski definition) is 1. The number of piperazine rings is 1. The monoisotopic (exact) mass is 160 g/mol. The van der Waals surface area contributed by atoms with Gasteiger partial charge in [0.05, 0.1) is 6.54 Å². The van der Waals surface area contributed by atoms with E-state index in [0.717, 1.165) is 32.7 Å². The van der Waals surface area contributed by atoms with E-state index in [9.17, 15) is 0 Å². The summed E-state index contributed by atoms with van der Waals surface area (Å²) in [7, 11) is 0. The first-order chi connectivity index (χ1) is 4.43. The van der Waals surface area contributed by atoms with Gasteiger partial charge in [-0.1, -0.05) is 5.92 Å². The van der Waals surface area contributed by atoms with Crippen LogP contribution in [-0.4, -0.2) is 37.6 Å². The third-order valence-electron chi connectivity index (χ3n) is 1.52. The van der Waals surface area contributed by atoms with Crippen molar-refractivity contribution in [3.8, 4) is 12.3 Å². The van der Waals surface area contributed by atoms with Crippen molar-refractivity contribution >= 4 is 12.4 Å². The predicted molar refractivity (Wildman–Crippen MR) is 45.4 cm³/mol. The largest absolute Gasteiger partial charge is 0.314 e. The molecule has 1 heterocycles. The molecule has 0 aliphatic carbocycles. The molecule has 0 aromatic rings. The van der Waals surface area contributed by atoms with Crippen molar-refractivity contribution in [2.24, 2.45) is 0 Å². The van der Waals surface area contributed by atoms with E-state index in [1.807, 2.05) is 0 Å². The molecule has 3 heteroatoms. The molecule has 1 fully saturated rings. The molecule has 0 radical (unpaired) electrons. The van der Waals surface area contributed by atoms with Crippen molar-refractivity contribution in [1.29, 1.82) is 0 Å². The second-order valence-corrected chi connectivity index (χ2v) is 2.23. The van der Waals surface area contributed by atoms with Crippen LogP contribution in [0.5, 0.6) is 0 Å². The molecule has 0 aromatic carbocycles. The van der Waals surface area contributed by atoms with E-state index in [1.54, 1.807) is 0 Å². The SMILES string of the molecule is C#CCN1CCNCC1.Cl. The van der Waals surface area contributed by atoms with Crippen LogP contribution in [0.3, 0.4) is 0 Å². The topological polar surface area (TPSA) is 15.3 Å². The molecule has 1 saturated heterocycles. The van der Waals surface area contributed by atoms with E-state index >= 15 is 0 Å². The van der Waals surface area contributed by atoms with Gasteiger partial charge in [0, 0.05) is 26.2 Å². The zero-order valence-corrected chi connectivity index (χ0v) is 6.78. The number of terminal acetylenes is 1. The van der Waals surface area contributed by atoms with E-state index in [2.05, 4.69) is 16.1 Å². The molecule has 2 nitrogen and oxygen atoms in total. The second-order valence-electron chi connectivity index (χ2n) is 2.23. The summed E-state index contributed by atoms with van der Waals surface area (Å²) >= 11 is 0. The normalized spacial score (nSPS) is 19.1. The third kappa shape index (κ3) is 3.07. The van der Waals surface area contributed by atoms with E-state index in [4.69, 9.17) is 6.42 Å². The van der Waals surface area contributed by atoms with Crippen LogP contribution in [-0.2, 0) is 0 Å². The van der Waals surface area contributed by atoms with Crippen molar-refractivity contribution in [1.82, 2.24) is 10.2 Å². The fraction of sp³-hybridized carbons (Fsp3) is 0.714. The number of hydrogen-bond acceptors (Lipinski definition) is 2. The van der Waals surface area contributed by atoms with Crippen LogP contribution in [0.25, 0.3) is 0 Å². The summed E-state index contributed by atoms with van der Waals surface area (Å²) < 4.78 is 0. The Labute approximate surface area is 68.4 Å². The van der Waals surface area contributed by atoms with Gasteiger partial charge >= 0.3 is 0 Å². The Morgan fingerprint density at radius 3 is 2.50 bits per heavy atom. The minimum Gasteiger partial charge on any atom is -0.314 e. The first-order valence-corrected chi connectivity index (χ1v) is 3.30. The van der Waals surface area contributed by atoms with E-state index in [0.29, 0.717) is 0 Å². The van der Waals surface area contributed by atoms with Crippen molar-refractivity contribution in [3.05, 3.63) is 0 Å². The Morgan fingerprint density at radius 1 is 1.40 bits per heavy atom. The molecule has 0 atom stereocenters. The van der Waals surface area contributed by atoms with Gasteiger partial charge in [-0.2, -0.15) is 0 Å². The van der Waals surface area contributed by atoms with Crippen LogP contribution in [0, 0.1) is 12.3 Å². The maximum Gasteiger partial charge on any atom is 0.0599 e. The van der Waals surface area contributed by atoms with Gasteiger partial charge in [-0.3, -0.25) is 4.90 Å². The molecule has 0 aromatic heterocycles. The average Bonchev–Trinajstić information content (AvgIpc) is 1.91. The molecule has 0 bridgehead atoms. The van der Waals surface area contributed by atoms with Crippen LogP contribution < -0.4 is 5.32 Å². The molecule has 1 aliphatic rings. The van der Waals surface area contributed by atoms with Crippen molar-refractivity contribution in [2.45, 2.75) is 0 Å². The van der Waals surface area contributed by atoms with Crippen molar-refractivity contribution in [2.75, 3.05) is 32.7 Å². The minimum atomic E-state index is 0. The second kappa shape index (κ2) is 5.55. The van der Waals surface area contributed by atoms with Gasteiger partial charge in [0.15, 0.2) is 0 Å². The van der Waals surface area contributed by atoms with Gasteiger partial charge in [-0.25, -0.2) is 0 Å². The van der Waals surface area contributed by atoms with E-state index in [-0.39, 0.29) is 12.4 Å². The van der Waals surface area contributed by atoms with Gasteiger partial charge in [0.1, 0.15) is 0 Å². The Balaban J connectivity index is 0.000000810. The van der Waals surface area contributed by atoms with Gasteiger partial charge in [0.25, 0.3) is 0 Å². The van der Waals surface area contributed by atoms with E-state index in [1.165, 1.54) is 0 Å². The van der Waals surface area contributed by atoms with Gasteiger partial charge in [0.2, 0.25) is 0 Å². The summed E-state index contributed by atoms with van der Waals surface area (Å²) in [5, 5.41) is 3.26. The lowest BCUT2D eigenvalue weighted by Gasteiger charge is -2.24. The summed E-state index contributed by atoms with van der Waals surface area (Å²) in [5.74, 6) is 2.64. The lowest BCUT2D eigenvalue weighted by atomic mass is 10.4. The highest BCUT2D eigenvalue weighted by Gasteiger charge is 2.05. The Hall–Kier alpha value is -0.230. The molecule has 1 rings (SSSR count). The third-order valence-corrected chi connectivity index (χ3v) is 1.52. The highest BCUT2D eigenvalue weighted by Crippen LogP contribution is 1.88. The zero-order valence-electron chi connectivity index (χ0n) is 5.97. The highest BCUT2D eigenvalue weighted by molar-refractivity contribution is 5.85. The fourth-order valence-electron chi connectivity index (χ4n) is 0.998. The number of halogens is 1. The molecule has 10 heavy (non-hydrogen) atoms. The molecular weight excluding hydrogens is 148 g/mol. The van der Waals surface area contributed by atoms with Crippen molar-refractivity contribution in [3.63, 3.8) is 0 Å². The summed E-state index contributed by atoms with van der Waals surface area (Å²) in [6.07, 6.45) is 5.15. The van der Waals surface area contributed by atoms with E-state index < -0.39 is 0 Å². The summed E-state index contributed by atoms with van der Waals surface area (Å²) in [6.45, 7) is 5.18. The van der Waals surface area contributed by atoms with Gasteiger partial charge < -0.3 is 5.32 Å². The molecule has 0 saturated carbocycles. The zero-order chi connectivity index (χ0) is 6.53. The smallest absolute Gasteiger partial charge is 0.0599 e. The number of rotatable bonds is 1. The standard InChI is InChI=1S/C7H12N2.ClH/c1-2-5-9-6-3-8-4-7-9;/h1,8H,3-7H2;1H. The lowest BCUT2D eigenvalue weighted by molar-refractivity contribution is 0.268. The van der Waals surface area contributed by atoms with Crippen molar-refractivity contribution < 1.29 is 0 Å². The first kappa shape index (κ1) is 9.77. The summed E-state index contributed by atoms with van der Waals surface area (Å²) in [6, 6.07) is 0. The van der Waals surface area contributed by atoms with Crippen LogP contribution in [0.1, 0.15) is 0 Å². The maximum absolute atomic E-state index is 5.15. The predicted octanol–water partition coefficient (Wildman–Crippen LogP) is -0.0534. The van der Waals surface area contributed by atoms with Gasteiger partial charge in [-0.15, -0.1) is 18.8 Å². The van der Waals surface area contributed by atoms with Crippen LogP contribution in [0.15, 0.2) is 0 Å². The Morgan fingerprint density at radius 2 is 2.00 bits per heavy atom. The molecule has 0 unspecified atom stereocenters. The van der Waals surface area contributed by atoms with Crippen LogP contribution in [0.2, 0.25) is 0 Å².